The summed E-state index contributed by atoms with van der Waals surface area (Å²) in [5, 5.41) is 11.3. The van der Waals surface area contributed by atoms with Crippen molar-refractivity contribution in [3.8, 4) is 11.3 Å². The summed E-state index contributed by atoms with van der Waals surface area (Å²) in [6, 6.07) is 7.69. The Kier molecular flexibility index (Phi) is 6.06. The molecule has 2 aromatic carbocycles. The van der Waals surface area contributed by atoms with Crippen LogP contribution in [0.1, 0.15) is 29.8 Å². The number of carbonyl (C=O) groups is 1. The van der Waals surface area contributed by atoms with Crippen LogP contribution < -0.4 is 5.32 Å². The molecule has 0 radical (unpaired) electrons. The number of benzene rings is 2. The zero-order chi connectivity index (χ0) is 24.5. The normalized spacial score (nSPS) is 16.0. The van der Waals surface area contributed by atoms with Crippen molar-refractivity contribution in [1.82, 2.24) is 29.9 Å². The molecular formula is C24H22F3N7O. The van der Waals surface area contributed by atoms with Crippen LogP contribution in [0.3, 0.4) is 0 Å². The van der Waals surface area contributed by atoms with Crippen molar-refractivity contribution in [2.45, 2.75) is 25.3 Å². The molecule has 1 amide bonds. The molecule has 8 nitrogen and oxygen atoms in total. The number of aromatic nitrogens is 5. The van der Waals surface area contributed by atoms with Gasteiger partial charge in [-0.3, -0.25) is 9.78 Å². The number of carbonyl (C=O) groups excluding carboxylic acids is 1. The van der Waals surface area contributed by atoms with Crippen LogP contribution in [-0.4, -0.2) is 54.9 Å². The van der Waals surface area contributed by atoms with E-state index in [-0.39, 0.29) is 34.5 Å². The minimum absolute atomic E-state index is 0.151. The van der Waals surface area contributed by atoms with Crippen molar-refractivity contribution in [2.75, 3.05) is 18.4 Å². The van der Waals surface area contributed by atoms with E-state index in [1.807, 2.05) is 0 Å². The number of hydrogen-bond donors (Lipinski definition) is 1. The van der Waals surface area contributed by atoms with Gasteiger partial charge in [0.05, 0.1) is 17.2 Å². The third-order valence-corrected chi connectivity index (χ3v) is 6.14. The Morgan fingerprint density at radius 3 is 2.60 bits per heavy atom. The van der Waals surface area contributed by atoms with E-state index in [4.69, 9.17) is 0 Å². The van der Waals surface area contributed by atoms with Crippen LogP contribution in [0.4, 0.5) is 19.0 Å². The van der Waals surface area contributed by atoms with Gasteiger partial charge in [-0.25, -0.2) is 22.8 Å². The van der Waals surface area contributed by atoms with Crippen LogP contribution in [-0.2, 0) is 7.05 Å². The number of aryl methyl sites for hydroxylation is 1. The molecule has 11 heteroatoms. The molecule has 1 atom stereocenters. The molecule has 4 aromatic rings. The number of anilines is 1. The van der Waals surface area contributed by atoms with E-state index in [0.29, 0.717) is 30.2 Å². The zero-order valence-corrected chi connectivity index (χ0v) is 18.9. The summed E-state index contributed by atoms with van der Waals surface area (Å²) in [7, 11) is 1.69. The van der Waals surface area contributed by atoms with Crippen molar-refractivity contribution in [1.29, 1.82) is 0 Å². The minimum atomic E-state index is -0.992. The number of hydrogen-bond acceptors (Lipinski definition) is 6. The van der Waals surface area contributed by atoms with Crippen LogP contribution in [0, 0.1) is 17.5 Å². The van der Waals surface area contributed by atoms with Crippen LogP contribution in [0.25, 0.3) is 22.3 Å². The fraction of sp³-hybridized carbons (Fsp3) is 0.292. The molecule has 180 valence electrons. The number of halogens is 3. The van der Waals surface area contributed by atoms with E-state index in [1.54, 1.807) is 24.1 Å². The Balaban J connectivity index is 1.36. The number of likely N-dealkylation sites (tertiary alicyclic amines) is 1. The highest BCUT2D eigenvalue weighted by Gasteiger charge is 2.31. The van der Waals surface area contributed by atoms with Gasteiger partial charge in [-0.05, 0) is 43.5 Å². The largest absolute Gasteiger partial charge is 0.367 e. The maximum atomic E-state index is 13.6. The molecule has 1 unspecified atom stereocenters. The van der Waals surface area contributed by atoms with Crippen molar-refractivity contribution >= 4 is 22.8 Å². The summed E-state index contributed by atoms with van der Waals surface area (Å²) in [4.78, 5) is 23.8. The molecule has 0 aliphatic carbocycles. The van der Waals surface area contributed by atoms with Gasteiger partial charge in [-0.1, -0.05) is 5.21 Å². The first-order valence-electron chi connectivity index (χ1n) is 11.2. The third-order valence-electron chi connectivity index (χ3n) is 6.14. The van der Waals surface area contributed by atoms with Crippen LogP contribution in [0.5, 0.6) is 0 Å². The number of nitrogens with one attached hydrogen (secondary N) is 1. The van der Waals surface area contributed by atoms with E-state index in [1.165, 1.54) is 23.0 Å². The molecule has 0 bridgehead atoms. The Morgan fingerprint density at radius 2 is 1.83 bits per heavy atom. The standard InChI is InChI=1S/C24H22F3N7O/c1-33-23(14-5-7-15(25)8-6-14)22(31-32-33)24(35)34-9-3-2-4-16(34)12-29-21-13-28-19-10-17(26)18(27)11-20(19)30-21/h5-8,10-11,13,16H,2-4,9,12H2,1H3,(H,29,30). The van der Waals surface area contributed by atoms with Crippen molar-refractivity contribution in [3.63, 3.8) is 0 Å². The summed E-state index contributed by atoms with van der Waals surface area (Å²) in [5.74, 6) is -2.20. The molecule has 1 aliphatic heterocycles. The average Bonchev–Trinajstić information content (AvgIpc) is 3.25. The van der Waals surface area contributed by atoms with E-state index in [2.05, 4.69) is 25.6 Å². The van der Waals surface area contributed by atoms with E-state index in [0.717, 1.165) is 31.4 Å². The molecule has 35 heavy (non-hydrogen) atoms. The Bertz CT molecular complexity index is 1390. The molecule has 1 N–H and O–H groups in total. The molecule has 0 saturated carbocycles. The first kappa shape index (κ1) is 22.8. The molecule has 2 aromatic heterocycles. The third kappa shape index (κ3) is 4.53. The second-order valence-electron chi connectivity index (χ2n) is 8.46. The molecular weight excluding hydrogens is 459 g/mol. The minimum Gasteiger partial charge on any atom is -0.367 e. The van der Waals surface area contributed by atoms with Gasteiger partial charge in [-0.15, -0.1) is 5.10 Å². The number of nitrogens with zero attached hydrogens (tertiary/aromatic N) is 6. The summed E-state index contributed by atoms with van der Waals surface area (Å²) in [6.45, 7) is 0.945. The molecule has 0 spiro atoms. The number of fused-ring (bicyclic) bond motifs is 1. The molecule has 1 saturated heterocycles. The lowest BCUT2D eigenvalue weighted by molar-refractivity contribution is 0.0623. The fourth-order valence-corrected chi connectivity index (χ4v) is 4.36. The van der Waals surface area contributed by atoms with Gasteiger partial charge in [0, 0.05) is 43.9 Å². The quantitative estimate of drug-likeness (QED) is 0.465. The average molecular weight is 481 g/mol. The lowest BCUT2D eigenvalue weighted by atomic mass is 10.0. The first-order valence-corrected chi connectivity index (χ1v) is 11.2. The van der Waals surface area contributed by atoms with Gasteiger partial charge in [0.25, 0.3) is 5.91 Å². The summed E-state index contributed by atoms with van der Waals surface area (Å²) < 4.78 is 41.9. The van der Waals surface area contributed by atoms with Crippen molar-refractivity contribution in [3.05, 3.63) is 65.7 Å². The Morgan fingerprint density at radius 1 is 1.09 bits per heavy atom. The van der Waals surface area contributed by atoms with Gasteiger partial charge >= 0.3 is 0 Å². The van der Waals surface area contributed by atoms with E-state index >= 15 is 0 Å². The van der Waals surface area contributed by atoms with Crippen molar-refractivity contribution < 1.29 is 18.0 Å². The molecule has 5 rings (SSSR count). The predicted octanol–water partition coefficient (Wildman–Crippen LogP) is 3.95. The number of piperidine rings is 1. The van der Waals surface area contributed by atoms with Gasteiger partial charge in [0.1, 0.15) is 17.3 Å². The lowest BCUT2D eigenvalue weighted by Gasteiger charge is -2.35. The number of rotatable bonds is 5. The van der Waals surface area contributed by atoms with Crippen LogP contribution in [0.2, 0.25) is 0 Å². The second kappa shape index (κ2) is 9.32. The monoisotopic (exact) mass is 481 g/mol. The summed E-state index contributed by atoms with van der Waals surface area (Å²) >= 11 is 0. The first-order chi connectivity index (χ1) is 16.9. The summed E-state index contributed by atoms with van der Waals surface area (Å²) in [6.07, 6.45) is 4.03. The molecule has 3 heterocycles. The second-order valence-corrected chi connectivity index (χ2v) is 8.46. The number of amides is 1. The Hall–Kier alpha value is -4.02. The zero-order valence-electron chi connectivity index (χ0n) is 18.9. The fourth-order valence-electron chi connectivity index (χ4n) is 4.36. The Labute approximate surface area is 198 Å². The predicted molar refractivity (Wildman–Crippen MR) is 123 cm³/mol. The van der Waals surface area contributed by atoms with Crippen LogP contribution >= 0.6 is 0 Å². The highest BCUT2D eigenvalue weighted by molar-refractivity contribution is 5.98. The van der Waals surface area contributed by atoms with Gasteiger partial charge in [-0.2, -0.15) is 0 Å². The van der Waals surface area contributed by atoms with Crippen LogP contribution in [0.15, 0.2) is 42.6 Å². The van der Waals surface area contributed by atoms with E-state index < -0.39 is 11.6 Å². The molecule has 1 fully saturated rings. The molecule has 1 aliphatic rings. The topological polar surface area (TPSA) is 88.8 Å². The highest BCUT2D eigenvalue weighted by atomic mass is 19.2. The maximum Gasteiger partial charge on any atom is 0.277 e. The van der Waals surface area contributed by atoms with Gasteiger partial charge < -0.3 is 10.2 Å². The maximum absolute atomic E-state index is 13.6. The van der Waals surface area contributed by atoms with Gasteiger partial charge in [0.2, 0.25) is 0 Å². The smallest absolute Gasteiger partial charge is 0.277 e. The summed E-state index contributed by atoms with van der Waals surface area (Å²) in [5.41, 5.74) is 1.84. The van der Waals surface area contributed by atoms with Crippen molar-refractivity contribution in [2.24, 2.45) is 7.05 Å². The van der Waals surface area contributed by atoms with Gasteiger partial charge in [0.15, 0.2) is 17.3 Å². The highest BCUT2D eigenvalue weighted by Crippen LogP contribution is 2.26. The lowest BCUT2D eigenvalue weighted by Crippen LogP contribution is -2.47. The van der Waals surface area contributed by atoms with E-state index in [9.17, 15) is 18.0 Å². The SMILES string of the molecule is Cn1nnc(C(=O)N2CCCCC2CNc2cnc3cc(F)c(F)cc3n2)c1-c1ccc(F)cc1.